The van der Waals surface area contributed by atoms with Gasteiger partial charge in [0.05, 0.1) is 4.92 Å². The maximum atomic E-state index is 10.3. The van der Waals surface area contributed by atoms with Crippen molar-refractivity contribution >= 4 is 18.3 Å². The molecule has 1 aromatic carbocycles. The van der Waals surface area contributed by atoms with E-state index in [4.69, 9.17) is 0 Å². The summed E-state index contributed by atoms with van der Waals surface area (Å²) in [6.45, 7) is 1.81. The van der Waals surface area contributed by atoms with Gasteiger partial charge in [-0.3, -0.25) is 10.1 Å². The zero-order valence-corrected chi connectivity index (χ0v) is 7.00. The van der Waals surface area contributed by atoms with Crippen molar-refractivity contribution in [2.24, 2.45) is 0 Å². The molecular weight excluding hydrogens is 162 g/mol. The Morgan fingerprint density at radius 3 is 2.64 bits per heavy atom. The van der Waals surface area contributed by atoms with E-state index in [-0.39, 0.29) is 5.69 Å². The molecule has 0 heterocycles. The van der Waals surface area contributed by atoms with E-state index in [2.05, 4.69) is 12.6 Å². The molecule has 1 rings (SSSR count). The van der Waals surface area contributed by atoms with Crippen LogP contribution in [0.3, 0.4) is 0 Å². The van der Waals surface area contributed by atoms with Crippen LogP contribution in [0.2, 0.25) is 0 Å². The second kappa shape index (κ2) is 2.92. The van der Waals surface area contributed by atoms with Gasteiger partial charge in [-0.25, -0.2) is 0 Å². The minimum atomic E-state index is -0.404. The molecule has 0 unspecified atom stereocenters. The average Bonchev–Trinajstić information content (AvgIpc) is 1.94. The van der Waals surface area contributed by atoms with Crippen molar-refractivity contribution < 1.29 is 4.92 Å². The molecule has 4 heteroatoms. The fraction of sp³-hybridized carbons (Fsp3) is 0.143. The summed E-state index contributed by atoms with van der Waals surface area (Å²) in [6, 6.07) is 4.67. The van der Waals surface area contributed by atoms with Gasteiger partial charge in [-0.1, -0.05) is 0 Å². The van der Waals surface area contributed by atoms with E-state index in [1.807, 2.05) is 6.92 Å². The molecule has 11 heavy (non-hydrogen) atoms. The minimum absolute atomic E-state index is 0.129. The van der Waals surface area contributed by atoms with E-state index >= 15 is 0 Å². The van der Waals surface area contributed by atoms with E-state index in [1.54, 1.807) is 6.07 Å². The van der Waals surface area contributed by atoms with Crippen LogP contribution >= 0.6 is 0 Å². The van der Waals surface area contributed by atoms with Crippen LogP contribution in [0.25, 0.3) is 0 Å². The number of nitro groups is 1. The van der Waals surface area contributed by atoms with Crippen LogP contribution in [0.5, 0.6) is 0 Å². The van der Waals surface area contributed by atoms with Gasteiger partial charge in [-0.05, 0) is 25.6 Å². The van der Waals surface area contributed by atoms with Crippen LogP contribution in [0.1, 0.15) is 5.56 Å². The van der Waals surface area contributed by atoms with Gasteiger partial charge >= 0.3 is 0 Å². The summed E-state index contributed by atoms with van der Waals surface area (Å²) in [7, 11) is 0. The first kappa shape index (κ1) is 8.07. The maximum absolute atomic E-state index is 10.3. The van der Waals surface area contributed by atoms with Crippen LogP contribution in [0.15, 0.2) is 23.1 Å². The molecule has 0 aromatic heterocycles. The third-order valence-corrected chi connectivity index (χ3v) is 1.98. The average molecular weight is 170 g/mol. The Kier molecular flexibility index (Phi) is 2.14. The number of rotatable bonds is 1. The lowest BCUT2D eigenvalue weighted by molar-refractivity contribution is -0.385. The van der Waals surface area contributed by atoms with Gasteiger partial charge < -0.3 is 0 Å². The summed E-state index contributed by atoms with van der Waals surface area (Å²) in [5.74, 6) is 0. The minimum Gasteiger partial charge on any atom is -0.258 e. The van der Waals surface area contributed by atoms with E-state index < -0.39 is 4.92 Å². The van der Waals surface area contributed by atoms with Crippen molar-refractivity contribution in [3.8, 4) is 0 Å². The quantitative estimate of drug-likeness (QED) is 0.362. The highest BCUT2D eigenvalue weighted by Gasteiger charge is 2.07. The molecule has 3 nitrogen and oxygen atoms in total. The number of nitro benzene ring substituents is 1. The Labute approximate surface area is 69.6 Å². The molecule has 0 N–H and O–H groups in total. The predicted octanol–water partition coefficient (Wildman–Crippen LogP) is 1.27. The molecule has 0 radical (unpaired) electrons. The highest BCUT2D eigenvalue weighted by molar-refractivity contribution is 7.58. The Balaban J connectivity index is 3.15. The molecule has 0 aliphatic rings. The van der Waals surface area contributed by atoms with Crippen LogP contribution in [-0.2, 0) is 12.6 Å². The van der Waals surface area contributed by atoms with Crippen molar-refractivity contribution in [2.75, 3.05) is 0 Å². The number of nitrogens with zero attached hydrogens (tertiary/aromatic N) is 1. The third kappa shape index (κ3) is 1.71. The molecule has 0 saturated heterocycles. The lowest BCUT2D eigenvalue weighted by Gasteiger charge is -1.92. The van der Waals surface area contributed by atoms with Crippen LogP contribution in [0, 0.1) is 17.0 Å². The summed E-state index contributed by atoms with van der Waals surface area (Å²) in [6.07, 6.45) is 0. The molecule has 58 valence electrons. The van der Waals surface area contributed by atoms with Gasteiger partial charge in [0.15, 0.2) is 4.90 Å². The van der Waals surface area contributed by atoms with Gasteiger partial charge in [-0.2, -0.15) is 0 Å². The molecule has 1 aromatic rings. The maximum Gasteiger partial charge on any atom is 0.270 e. The normalized spacial score (nSPS) is 9.64. The van der Waals surface area contributed by atoms with Crippen molar-refractivity contribution in [2.45, 2.75) is 11.8 Å². The first-order chi connectivity index (χ1) is 5.11. The van der Waals surface area contributed by atoms with Crippen LogP contribution < -0.4 is 0 Å². The highest BCUT2D eigenvalue weighted by Crippen LogP contribution is 2.15. The number of non-ortho nitro benzene ring substituents is 1. The van der Waals surface area contributed by atoms with Crippen LogP contribution in [-0.4, -0.2) is 4.92 Å². The SMILES string of the molecule is Cc1cc([N+](=O)[O-])ccc1[SH2+]. The Morgan fingerprint density at radius 1 is 1.55 bits per heavy atom. The lowest BCUT2D eigenvalue weighted by Crippen LogP contribution is -1.89. The van der Waals surface area contributed by atoms with Gasteiger partial charge in [0.25, 0.3) is 5.69 Å². The molecule has 0 amide bonds. The smallest absolute Gasteiger partial charge is 0.258 e. The number of benzene rings is 1. The van der Waals surface area contributed by atoms with Gasteiger partial charge in [0.2, 0.25) is 0 Å². The zero-order valence-electron chi connectivity index (χ0n) is 6.00. The second-order valence-corrected chi connectivity index (χ2v) is 2.80. The second-order valence-electron chi connectivity index (χ2n) is 2.26. The Bertz CT molecular complexity index is 298. The standard InChI is InChI=1S/C7H7NO2S/c1-5-4-6(8(9)10)2-3-7(5)11/h2-4,11H,1H3/p+1. The largest absolute Gasteiger partial charge is 0.270 e. The summed E-state index contributed by atoms with van der Waals surface area (Å²) >= 11 is 3.30. The van der Waals surface area contributed by atoms with Gasteiger partial charge in [0.1, 0.15) is 0 Å². The Morgan fingerprint density at radius 2 is 2.18 bits per heavy atom. The highest BCUT2D eigenvalue weighted by atomic mass is 32.1. The first-order valence-corrected chi connectivity index (χ1v) is 3.58. The monoisotopic (exact) mass is 170 g/mol. The van der Waals surface area contributed by atoms with E-state index in [9.17, 15) is 10.1 Å². The fourth-order valence-corrected chi connectivity index (χ4v) is 0.917. The summed E-state index contributed by atoms with van der Waals surface area (Å²) in [5.41, 5.74) is 1.00. The fourth-order valence-electron chi connectivity index (χ4n) is 0.761. The zero-order chi connectivity index (χ0) is 8.43. The molecule has 0 bridgehead atoms. The number of hydrogen-bond donors (Lipinski definition) is 0. The number of aryl methyl sites for hydroxylation is 1. The predicted molar refractivity (Wildman–Crippen MR) is 46.3 cm³/mol. The molecule has 0 fully saturated rings. The third-order valence-electron chi connectivity index (χ3n) is 1.42. The van der Waals surface area contributed by atoms with Crippen molar-refractivity contribution in [3.05, 3.63) is 33.9 Å². The van der Waals surface area contributed by atoms with Gasteiger partial charge in [-0.15, -0.1) is 0 Å². The molecule has 0 aliphatic heterocycles. The summed E-state index contributed by atoms with van der Waals surface area (Å²) in [4.78, 5) is 10.7. The number of hydrogen-bond acceptors (Lipinski definition) is 2. The summed E-state index contributed by atoms with van der Waals surface area (Å²) in [5, 5.41) is 10.3. The molecular formula is C7H8NO2S+. The molecule has 0 aliphatic carbocycles. The van der Waals surface area contributed by atoms with Crippen molar-refractivity contribution in [1.29, 1.82) is 0 Å². The van der Waals surface area contributed by atoms with E-state index in [0.29, 0.717) is 0 Å². The van der Waals surface area contributed by atoms with E-state index in [1.165, 1.54) is 12.1 Å². The van der Waals surface area contributed by atoms with Crippen molar-refractivity contribution in [1.82, 2.24) is 0 Å². The van der Waals surface area contributed by atoms with E-state index in [0.717, 1.165) is 10.5 Å². The topological polar surface area (TPSA) is 43.1 Å². The lowest BCUT2D eigenvalue weighted by atomic mass is 10.2. The molecule has 0 saturated carbocycles. The van der Waals surface area contributed by atoms with Crippen molar-refractivity contribution in [3.63, 3.8) is 0 Å². The van der Waals surface area contributed by atoms with Crippen LogP contribution in [0.4, 0.5) is 5.69 Å². The molecule has 0 spiro atoms. The Hall–Kier alpha value is -1.03. The molecule has 0 atom stereocenters. The van der Waals surface area contributed by atoms with Gasteiger partial charge in [0, 0.05) is 17.7 Å². The first-order valence-electron chi connectivity index (χ1n) is 3.08. The summed E-state index contributed by atoms with van der Waals surface area (Å²) < 4.78 is 0.